The third-order valence-electron chi connectivity index (χ3n) is 5.31. The van der Waals surface area contributed by atoms with Gasteiger partial charge in [0.2, 0.25) is 5.91 Å². The maximum Gasteiger partial charge on any atom is 0.377 e. The molecule has 3 aliphatic rings. The number of rotatable bonds is 2. The van der Waals surface area contributed by atoms with Crippen LogP contribution in [0.25, 0.3) is 0 Å². The van der Waals surface area contributed by atoms with Crippen LogP contribution >= 0.6 is 0 Å². The van der Waals surface area contributed by atoms with Crippen LogP contribution in [0.1, 0.15) is 38.5 Å². The molecule has 20 heavy (non-hydrogen) atoms. The van der Waals surface area contributed by atoms with Gasteiger partial charge in [0.15, 0.2) is 0 Å². The molecular formula is C14H22BN3O2. The Hall–Kier alpha value is -1.06. The quantitative estimate of drug-likeness (QED) is 0.759. The highest BCUT2D eigenvalue weighted by molar-refractivity contribution is 6.46. The van der Waals surface area contributed by atoms with Crippen molar-refractivity contribution in [2.75, 3.05) is 6.54 Å². The number of nitrogens with zero attached hydrogens (tertiary/aromatic N) is 3. The van der Waals surface area contributed by atoms with E-state index < -0.39 is 7.05 Å². The lowest BCUT2D eigenvalue weighted by molar-refractivity contribution is -0.141. The Labute approximate surface area is 120 Å². The first-order valence-corrected chi connectivity index (χ1v) is 7.79. The second kappa shape index (κ2) is 5.38. The van der Waals surface area contributed by atoms with E-state index in [2.05, 4.69) is 6.07 Å². The van der Waals surface area contributed by atoms with E-state index in [4.69, 9.17) is 5.26 Å². The zero-order valence-electron chi connectivity index (χ0n) is 12.0. The average Bonchev–Trinajstić information content (AvgIpc) is 2.77. The van der Waals surface area contributed by atoms with Gasteiger partial charge in [-0.05, 0) is 38.4 Å². The summed E-state index contributed by atoms with van der Waals surface area (Å²) >= 11 is 0. The Morgan fingerprint density at radius 2 is 2.10 bits per heavy atom. The summed E-state index contributed by atoms with van der Waals surface area (Å²) in [5, 5.41) is 19.1. The van der Waals surface area contributed by atoms with E-state index in [0.29, 0.717) is 18.5 Å². The number of fused-ring (bicyclic) bond motifs is 1. The fourth-order valence-electron chi connectivity index (χ4n) is 4.24. The number of likely N-dealkylation sites (tertiary alicyclic amines) is 1. The molecule has 0 bridgehead atoms. The zero-order valence-corrected chi connectivity index (χ0v) is 12.0. The molecule has 1 aliphatic carbocycles. The number of nitriles is 1. The summed E-state index contributed by atoms with van der Waals surface area (Å²) in [5.41, 5.74) is 0. The number of carbonyl (C=O) groups excluding carboxylic acids is 1. The Morgan fingerprint density at radius 1 is 1.35 bits per heavy atom. The van der Waals surface area contributed by atoms with Gasteiger partial charge in [0, 0.05) is 12.6 Å². The van der Waals surface area contributed by atoms with Crippen LogP contribution in [0.2, 0.25) is 6.82 Å². The summed E-state index contributed by atoms with van der Waals surface area (Å²) in [6, 6.07) is 2.06. The fourth-order valence-corrected chi connectivity index (χ4v) is 4.24. The van der Waals surface area contributed by atoms with Gasteiger partial charge in [0.1, 0.15) is 6.04 Å². The smallest absolute Gasteiger partial charge is 0.377 e. The van der Waals surface area contributed by atoms with E-state index >= 15 is 0 Å². The fraction of sp³-hybridized carbons (Fsp3) is 0.857. The van der Waals surface area contributed by atoms with Gasteiger partial charge in [-0.1, -0.05) is 12.8 Å². The summed E-state index contributed by atoms with van der Waals surface area (Å²) in [5.74, 6) is 0.590. The molecule has 0 spiro atoms. The zero-order chi connectivity index (χ0) is 14.3. The normalized spacial score (nSPS) is 37.0. The van der Waals surface area contributed by atoms with E-state index in [1.165, 1.54) is 19.3 Å². The highest BCUT2D eigenvalue weighted by Crippen LogP contribution is 2.41. The second-order valence-electron chi connectivity index (χ2n) is 6.41. The maximum absolute atomic E-state index is 12.7. The lowest BCUT2D eigenvalue weighted by Crippen LogP contribution is -2.59. The van der Waals surface area contributed by atoms with Gasteiger partial charge in [-0.15, -0.1) is 0 Å². The minimum Gasteiger partial charge on any atom is -0.437 e. The molecule has 108 valence electrons. The largest absolute Gasteiger partial charge is 0.437 e. The lowest BCUT2D eigenvalue weighted by atomic mass is 9.79. The highest BCUT2D eigenvalue weighted by atomic mass is 16.2. The lowest BCUT2D eigenvalue weighted by Gasteiger charge is -2.41. The molecule has 0 aromatic heterocycles. The van der Waals surface area contributed by atoms with Crippen molar-refractivity contribution in [2.45, 2.75) is 63.5 Å². The van der Waals surface area contributed by atoms with Gasteiger partial charge in [-0.2, -0.15) is 5.26 Å². The summed E-state index contributed by atoms with van der Waals surface area (Å²) in [4.78, 5) is 16.4. The summed E-state index contributed by atoms with van der Waals surface area (Å²) < 4.78 is 0. The van der Waals surface area contributed by atoms with Crippen molar-refractivity contribution in [1.29, 1.82) is 5.26 Å². The molecule has 0 aromatic carbocycles. The van der Waals surface area contributed by atoms with Crippen LogP contribution in [-0.4, -0.2) is 52.4 Å². The maximum atomic E-state index is 12.7. The molecule has 2 aliphatic heterocycles. The molecular weight excluding hydrogens is 253 g/mol. The molecule has 2 unspecified atom stereocenters. The predicted octanol–water partition coefficient (Wildman–Crippen LogP) is 0.854. The van der Waals surface area contributed by atoms with E-state index in [9.17, 15) is 9.82 Å². The molecule has 3 fully saturated rings. The van der Waals surface area contributed by atoms with E-state index in [1.54, 1.807) is 11.7 Å². The first-order chi connectivity index (χ1) is 9.63. The molecule has 0 aromatic rings. The van der Waals surface area contributed by atoms with Crippen molar-refractivity contribution in [3.8, 4) is 6.07 Å². The standard InChI is InChI=1S/C14H22BN3O2/c1-15(20)18-12-5-3-2-4-10(12)8-13(18)14(19)17-7-6-11(17)9-16/h10-13,20H,2-8H2,1H3/t10?,11-,12?,13-/m0/s1. The number of amides is 1. The summed E-state index contributed by atoms with van der Waals surface area (Å²) in [6.07, 6.45) is 6.32. The molecule has 3 rings (SSSR count). The van der Waals surface area contributed by atoms with Crippen molar-refractivity contribution < 1.29 is 9.82 Å². The predicted molar refractivity (Wildman–Crippen MR) is 75.6 cm³/mol. The topological polar surface area (TPSA) is 67.6 Å². The molecule has 1 N–H and O–H groups in total. The minimum atomic E-state index is -0.584. The van der Waals surface area contributed by atoms with Gasteiger partial charge < -0.3 is 14.7 Å². The molecule has 2 heterocycles. The van der Waals surface area contributed by atoms with E-state index in [0.717, 1.165) is 19.3 Å². The van der Waals surface area contributed by atoms with Crippen LogP contribution in [0, 0.1) is 17.2 Å². The van der Waals surface area contributed by atoms with Gasteiger partial charge in [-0.25, -0.2) is 0 Å². The van der Waals surface area contributed by atoms with Gasteiger partial charge >= 0.3 is 7.05 Å². The van der Waals surface area contributed by atoms with Crippen LogP contribution in [0.3, 0.4) is 0 Å². The van der Waals surface area contributed by atoms with Crippen molar-refractivity contribution in [3.05, 3.63) is 0 Å². The molecule has 5 nitrogen and oxygen atoms in total. The first-order valence-electron chi connectivity index (χ1n) is 7.79. The van der Waals surface area contributed by atoms with Crippen molar-refractivity contribution in [3.63, 3.8) is 0 Å². The second-order valence-corrected chi connectivity index (χ2v) is 6.41. The van der Waals surface area contributed by atoms with Gasteiger partial charge in [-0.3, -0.25) is 4.79 Å². The number of carbonyl (C=O) groups is 1. The Balaban J connectivity index is 1.77. The highest BCUT2D eigenvalue weighted by Gasteiger charge is 2.50. The molecule has 0 radical (unpaired) electrons. The van der Waals surface area contributed by atoms with E-state index in [1.807, 2.05) is 4.81 Å². The van der Waals surface area contributed by atoms with Crippen LogP contribution in [0.5, 0.6) is 0 Å². The first kappa shape index (κ1) is 13.9. The van der Waals surface area contributed by atoms with Crippen molar-refractivity contribution >= 4 is 13.0 Å². The van der Waals surface area contributed by atoms with Crippen LogP contribution in [0.15, 0.2) is 0 Å². The van der Waals surface area contributed by atoms with Crippen LogP contribution < -0.4 is 0 Å². The van der Waals surface area contributed by atoms with Gasteiger partial charge in [0.05, 0.1) is 12.1 Å². The monoisotopic (exact) mass is 275 g/mol. The average molecular weight is 275 g/mol. The minimum absolute atomic E-state index is 0.0538. The van der Waals surface area contributed by atoms with E-state index in [-0.39, 0.29) is 18.0 Å². The van der Waals surface area contributed by atoms with Crippen molar-refractivity contribution in [2.24, 2.45) is 5.92 Å². The molecule has 4 atom stereocenters. The molecule has 1 amide bonds. The number of hydrogen-bond acceptors (Lipinski definition) is 4. The van der Waals surface area contributed by atoms with Gasteiger partial charge in [0.25, 0.3) is 0 Å². The van der Waals surface area contributed by atoms with Crippen LogP contribution in [-0.2, 0) is 4.79 Å². The Morgan fingerprint density at radius 3 is 2.70 bits per heavy atom. The van der Waals surface area contributed by atoms with Crippen LogP contribution in [0.4, 0.5) is 0 Å². The molecule has 6 heteroatoms. The SMILES string of the molecule is CB(O)N1C2CCCCC2C[C@H]1C(=O)N1CC[C@H]1C#N. The summed E-state index contributed by atoms with van der Waals surface area (Å²) in [7, 11) is -0.584. The van der Waals surface area contributed by atoms with Crippen molar-refractivity contribution in [1.82, 2.24) is 9.71 Å². The summed E-state index contributed by atoms with van der Waals surface area (Å²) in [6.45, 7) is 2.45. The Bertz CT molecular complexity index is 437. The third-order valence-corrected chi connectivity index (χ3v) is 5.31. The number of hydrogen-bond donors (Lipinski definition) is 1. The Kier molecular flexibility index (Phi) is 3.74. The third kappa shape index (κ3) is 2.13. The molecule has 2 saturated heterocycles. The molecule has 1 saturated carbocycles.